The zero-order valence-electron chi connectivity index (χ0n) is 9.09. The minimum Gasteiger partial charge on any atom is -0.481 e. The summed E-state index contributed by atoms with van der Waals surface area (Å²) in [6.45, 7) is 1.94. The number of nitrogens with two attached hydrogens (primary N) is 1. The van der Waals surface area contributed by atoms with Crippen LogP contribution in [0, 0.1) is 5.92 Å². The van der Waals surface area contributed by atoms with Gasteiger partial charge in [-0.15, -0.1) is 0 Å². The Bertz CT molecular complexity index is 238. The summed E-state index contributed by atoms with van der Waals surface area (Å²) in [5.74, 6) is -1.41. The van der Waals surface area contributed by atoms with E-state index in [0.29, 0.717) is 17.9 Å². The minimum absolute atomic E-state index is 0.290. The molecule has 16 heavy (non-hydrogen) atoms. The molecule has 2 unspecified atom stereocenters. The van der Waals surface area contributed by atoms with Gasteiger partial charge in [-0.25, -0.2) is 0 Å². The first-order valence-electron chi connectivity index (χ1n) is 4.94. The highest BCUT2D eigenvalue weighted by Crippen LogP contribution is 2.26. The van der Waals surface area contributed by atoms with Crippen LogP contribution in [-0.2, 0) is 9.59 Å². The fourth-order valence-corrected chi connectivity index (χ4v) is 3.41. The van der Waals surface area contributed by atoms with Crippen molar-refractivity contribution in [3.8, 4) is 0 Å². The molecule has 0 fully saturated rings. The summed E-state index contributed by atoms with van der Waals surface area (Å²) in [6, 6.07) is -0.882. The van der Waals surface area contributed by atoms with Crippen LogP contribution in [-0.4, -0.2) is 39.7 Å². The van der Waals surface area contributed by atoms with E-state index in [1.54, 1.807) is 0 Å². The Morgan fingerprint density at radius 2 is 1.75 bits per heavy atom. The van der Waals surface area contributed by atoms with Gasteiger partial charge in [-0.3, -0.25) is 9.59 Å². The molecule has 0 bridgehead atoms. The van der Waals surface area contributed by atoms with Crippen LogP contribution in [0.2, 0.25) is 0 Å². The smallest absolute Gasteiger partial charge is 0.321 e. The van der Waals surface area contributed by atoms with Crippen molar-refractivity contribution in [2.24, 2.45) is 11.7 Å². The van der Waals surface area contributed by atoms with Gasteiger partial charge >= 0.3 is 11.9 Å². The van der Waals surface area contributed by atoms with Crippen LogP contribution in [0.15, 0.2) is 0 Å². The second-order valence-corrected chi connectivity index (χ2v) is 5.89. The molecule has 7 heteroatoms. The van der Waals surface area contributed by atoms with E-state index in [1.807, 2.05) is 6.92 Å². The molecule has 4 N–H and O–H groups in total. The molecule has 5 nitrogen and oxygen atoms in total. The molecule has 0 amide bonds. The van der Waals surface area contributed by atoms with Gasteiger partial charge in [0.2, 0.25) is 0 Å². The van der Waals surface area contributed by atoms with E-state index < -0.39 is 18.0 Å². The van der Waals surface area contributed by atoms with Crippen molar-refractivity contribution in [2.45, 2.75) is 25.8 Å². The van der Waals surface area contributed by atoms with E-state index in [-0.39, 0.29) is 5.92 Å². The lowest BCUT2D eigenvalue weighted by Crippen LogP contribution is -2.32. The first-order chi connectivity index (χ1) is 7.49. The van der Waals surface area contributed by atoms with Gasteiger partial charge in [0.1, 0.15) is 6.04 Å². The average molecular weight is 267 g/mol. The number of hydrogen-bond acceptors (Lipinski definition) is 5. The van der Waals surface area contributed by atoms with Crippen LogP contribution < -0.4 is 5.73 Å². The van der Waals surface area contributed by atoms with E-state index in [2.05, 4.69) is 0 Å². The highest BCUT2D eigenvalue weighted by molar-refractivity contribution is 8.76. The quantitative estimate of drug-likeness (QED) is 0.427. The number of hydrogen-bond donors (Lipinski definition) is 3. The van der Waals surface area contributed by atoms with E-state index >= 15 is 0 Å². The summed E-state index contributed by atoms with van der Waals surface area (Å²) in [5, 5.41) is 17.4. The lowest BCUT2D eigenvalue weighted by molar-refractivity contribution is -0.141. The molecule has 0 aliphatic rings. The van der Waals surface area contributed by atoms with Crippen LogP contribution in [0.5, 0.6) is 0 Å². The Morgan fingerprint density at radius 1 is 1.19 bits per heavy atom. The molecular weight excluding hydrogens is 250 g/mol. The average Bonchev–Trinajstić information content (AvgIpc) is 2.21. The fraction of sp³-hybridized carbons (Fsp3) is 0.778. The van der Waals surface area contributed by atoms with Crippen molar-refractivity contribution < 1.29 is 19.8 Å². The van der Waals surface area contributed by atoms with Crippen molar-refractivity contribution in [3.05, 3.63) is 0 Å². The predicted molar refractivity (Wildman–Crippen MR) is 66.6 cm³/mol. The second-order valence-electron chi connectivity index (χ2n) is 3.34. The minimum atomic E-state index is -1.03. The van der Waals surface area contributed by atoms with E-state index in [4.69, 9.17) is 15.9 Å². The molecule has 0 rings (SSSR count). The highest BCUT2D eigenvalue weighted by Gasteiger charge is 2.17. The summed E-state index contributed by atoms with van der Waals surface area (Å²) >= 11 is 0. The maximum atomic E-state index is 10.8. The Morgan fingerprint density at radius 3 is 2.19 bits per heavy atom. The second kappa shape index (κ2) is 8.72. The summed E-state index contributed by atoms with van der Waals surface area (Å²) in [6.07, 6.45) is 1.48. The van der Waals surface area contributed by atoms with Gasteiger partial charge in [-0.05, 0) is 6.42 Å². The summed E-state index contributed by atoms with van der Waals surface area (Å²) < 4.78 is 0. The van der Waals surface area contributed by atoms with Crippen molar-refractivity contribution in [2.75, 3.05) is 11.5 Å². The van der Waals surface area contributed by atoms with Gasteiger partial charge in [-0.2, -0.15) is 0 Å². The maximum Gasteiger partial charge on any atom is 0.321 e. The van der Waals surface area contributed by atoms with Crippen molar-refractivity contribution in [3.63, 3.8) is 0 Å². The first-order valence-corrected chi connectivity index (χ1v) is 7.43. The number of carboxylic acids is 2. The Hall–Kier alpha value is -0.400. The topological polar surface area (TPSA) is 101 Å². The molecule has 0 aromatic rings. The van der Waals surface area contributed by atoms with Gasteiger partial charge < -0.3 is 15.9 Å². The SMILES string of the molecule is CCCC(CSSCC(N)C(=O)O)C(=O)O. The van der Waals surface area contributed by atoms with Crippen LogP contribution in [0.3, 0.4) is 0 Å². The lowest BCUT2D eigenvalue weighted by atomic mass is 10.1. The van der Waals surface area contributed by atoms with E-state index in [9.17, 15) is 9.59 Å². The molecule has 0 saturated heterocycles. The van der Waals surface area contributed by atoms with Crippen LogP contribution in [0.4, 0.5) is 0 Å². The van der Waals surface area contributed by atoms with Gasteiger partial charge in [0.25, 0.3) is 0 Å². The predicted octanol–water partition coefficient (Wildman–Crippen LogP) is 1.28. The summed E-state index contributed by atoms with van der Waals surface area (Å²) in [4.78, 5) is 21.2. The third kappa shape index (κ3) is 6.97. The molecule has 94 valence electrons. The fourth-order valence-electron chi connectivity index (χ4n) is 0.950. The molecule has 0 aromatic heterocycles. The third-order valence-corrected chi connectivity index (χ3v) is 4.42. The van der Waals surface area contributed by atoms with Gasteiger partial charge in [-0.1, -0.05) is 34.9 Å². The molecule has 0 saturated carbocycles. The number of rotatable bonds is 9. The third-order valence-electron chi connectivity index (χ3n) is 1.90. The highest BCUT2D eigenvalue weighted by atomic mass is 33.1. The lowest BCUT2D eigenvalue weighted by Gasteiger charge is -2.10. The Labute approximate surface area is 103 Å². The summed E-state index contributed by atoms with van der Waals surface area (Å²) in [5.41, 5.74) is 5.30. The van der Waals surface area contributed by atoms with Crippen molar-refractivity contribution in [1.29, 1.82) is 0 Å². The van der Waals surface area contributed by atoms with Crippen LogP contribution in [0.25, 0.3) is 0 Å². The number of carbonyl (C=O) groups is 2. The Kier molecular flexibility index (Phi) is 8.50. The number of carboxylic acid groups (broad SMARTS) is 2. The standard InChI is InChI=1S/C9H17NO4S2/c1-2-3-6(8(11)12)4-15-16-5-7(10)9(13)14/h6-7H,2-5,10H2,1H3,(H,11,12)(H,13,14). The first kappa shape index (κ1) is 15.6. The molecule has 0 heterocycles. The monoisotopic (exact) mass is 267 g/mol. The van der Waals surface area contributed by atoms with Gasteiger partial charge in [0.05, 0.1) is 5.92 Å². The van der Waals surface area contributed by atoms with E-state index in [0.717, 1.165) is 6.42 Å². The molecular formula is C9H17NO4S2. The molecule has 0 radical (unpaired) electrons. The van der Waals surface area contributed by atoms with Crippen molar-refractivity contribution >= 4 is 33.5 Å². The number of aliphatic carboxylic acids is 2. The maximum absolute atomic E-state index is 10.8. The molecule has 2 atom stereocenters. The molecule has 0 aliphatic heterocycles. The Balaban J connectivity index is 3.70. The zero-order chi connectivity index (χ0) is 12.6. The van der Waals surface area contributed by atoms with E-state index in [1.165, 1.54) is 21.6 Å². The van der Waals surface area contributed by atoms with Gasteiger partial charge in [0, 0.05) is 11.5 Å². The van der Waals surface area contributed by atoms with Crippen LogP contribution >= 0.6 is 21.6 Å². The van der Waals surface area contributed by atoms with Gasteiger partial charge in [0.15, 0.2) is 0 Å². The molecule has 0 aromatic carbocycles. The normalized spacial score (nSPS) is 14.4. The summed E-state index contributed by atoms with van der Waals surface area (Å²) in [7, 11) is 2.68. The zero-order valence-corrected chi connectivity index (χ0v) is 10.7. The molecule has 0 spiro atoms. The van der Waals surface area contributed by atoms with Crippen LogP contribution in [0.1, 0.15) is 19.8 Å². The van der Waals surface area contributed by atoms with Crippen molar-refractivity contribution in [1.82, 2.24) is 0 Å². The largest absolute Gasteiger partial charge is 0.481 e. The molecule has 0 aliphatic carbocycles.